The number of rotatable bonds is 11. The molecule has 2 atom stereocenters. The molecule has 7 nitrogen and oxygen atoms in total. The van der Waals surface area contributed by atoms with Crippen molar-refractivity contribution in [3.8, 4) is 11.3 Å². The molecule has 194 valence electrons. The Labute approximate surface area is 213 Å². The average Bonchev–Trinajstić information content (AvgIpc) is 3.26. The van der Waals surface area contributed by atoms with Crippen molar-refractivity contribution in [3.05, 3.63) is 78.2 Å². The van der Waals surface area contributed by atoms with Crippen molar-refractivity contribution in [2.45, 2.75) is 39.5 Å². The smallest absolute Gasteiger partial charge is 0.318 e. The molecule has 0 aliphatic rings. The zero-order chi connectivity index (χ0) is 26.1. The van der Waals surface area contributed by atoms with Gasteiger partial charge in [0.2, 0.25) is 0 Å². The van der Waals surface area contributed by atoms with Gasteiger partial charge in [-0.2, -0.15) is 0 Å². The summed E-state index contributed by atoms with van der Waals surface area (Å²) >= 11 is 0. The summed E-state index contributed by atoms with van der Waals surface area (Å²) in [5.41, 5.74) is 8.04. The maximum atomic E-state index is 14.7. The normalized spacial score (nSPS) is 13.3. The number of amides is 2. The second-order valence-electron chi connectivity index (χ2n) is 9.94. The third-order valence-electron chi connectivity index (χ3n) is 5.94. The van der Waals surface area contributed by atoms with Gasteiger partial charge in [-0.15, -0.1) is 0 Å². The van der Waals surface area contributed by atoms with Crippen LogP contribution in [0.4, 0.5) is 9.18 Å². The largest absolute Gasteiger partial charge is 0.383 e. The molecular weight excluding hydrogens is 457 g/mol. The number of alkyl halides is 1. The number of nitrogens with zero attached hydrogens (tertiary/aromatic N) is 3. The maximum Gasteiger partial charge on any atom is 0.318 e. The minimum Gasteiger partial charge on any atom is -0.383 e. The molecule has 0 unspecified atom stereocenters. The van der Waals surface area contributed by atoms with Crippen LogP contribution in [-0.4, -0.2) is 60.0 Å². The summed E-state index contributed by atoms with van der Waals surface area (Å²) in [7, 11) is 1.57. The summed E-state index contributed by atoms with van der Waals surface area (Å²) < 4.78 is 21.9. The topological polar surface area (TPSA) is 85.4 Å². The summed E-state index contributed by atoms with van der Waals surface area (Å²) in [6.45, 7) is 7.03. The van der Waals surface area contributed by atoms with Gasteiger partial charge in [0.1, 0.15) is 12.0 Å². The lowest BCUT2D eigenvalue weighted by Gasteiger charge is -2.40. The number of ether oxygens (including phenoxy) is 1. The van der Waals surface area contributed by atoms with Crippen molar-refractivity contribution in [1.29, 1.82) is 0 Å². The standard InChI is InChI=1S/C28H38FN5O2/c1-28(2,3)25(34(19-23(29)17-30)27(35)31-15-16-36-4)26-32-24(22-13-9-6-10-14-22)20-33(26)18-21-11-7-5-8-12-21/h5-14,20,23,25H,15-19,30H2,1-4H3,(H,31,35)/t23-,25+/m1/s1. The van der Waals surface area contributed by atoms with Crippen molar-refractivity contribution in [1.82, 2.24) is 19.8 Å². The van der Waals surface area contributed by atoms with Crippen LogP contribution in [0.1, 0.15) is 38.2 Å². The highest BCUT2D eigenvalue weighted by atomic mass is 19.1. The summed E-state index contributed by atoms with van der Waals surface area (Å²) in [6, 6.07) is 19.1. The van der Waals surface area contributed by atoms with Crippen LogP contribution < -0.4 is 11.1 Å². The van der Waals surface area contributed by atoms with Gasteiger partial charge in [-0.05, 0) is 11.0 Å². The van der Waals surface area contributed by atoms with E-state index in [1.165, 1.54) is 4.90 Å². The van der Waals surface area contributed by atoms with Gasteiger partial charge >= 0.3 is 6.03 Å². The highest BCUT2D eigenvalue weighted by Crippen LogP contribution is 2.39. The summed E-state index contributed by atoms with van der Waals surface area (Å²) in [4.78, 5) is 20.0. The molecular formula is C28H38FN5O2. The molecule has 2 aromatic carbocycles. The van der Waals surface area contributed by atoms with Crippen molar-refractivity contribution in [2.75, 3.05) is 33.4 Å². The number of nitrogens with two attached hydrogens (primary N) is 1. The van der Waals surface area contributed by atoms with E-state index in [1.54, 1.807) is 7.11 Å². The van der Waals surface area contributed by atoms with Crippen LogP contribution >= 0.6 is 0 Å². The Morgan fingerprint density at radius 2 is 1.78 bits per heavy atom. The number of hydrogen-bond donors (Lipinski definition) is 2. The zero-order valence-corrected chi connectivity index (χ0v) is 21.7. The Balaban J connectivity index is 2.12. The van der Waals surface area contributed by atoms with Gasteiger partial charge in [0.05, 0.1) is 24.9 Å². The van der Waals surface area contributed by atoms with E-state index < -0.39 is 17.6 Å². The number of imidazole rings is 1. The molecule has 0 radical (unpaired) electrons. The third kappa shape index (κ3) is 7.15. The summed E-state index contributed by atoms with van der Waals surface area (Å²) in [5.74, 6) is 0.691. The lowest BCUT2D eigenvalue weighted by atomic mass is 9.84. The number of methoxy groups -OCH3 is 1. The fraction of sp³-hybridized carbons (Fsp3) is 0.429. The SMILES string of the molecule is COCCNC(=O)N(C[C@H](F)CN)[C@@H](c1nc(-c2ccccc2)cn1Cc1ccccc1)C(C)(C)C. The minimum absolute atomic E-state index is 0.143. The molecule has 0 fully saturated rings. The number of carbonyl (C=O) groups is 1. The second kappa shape index (κ2) is 12.6. The zero-order valence-electron chi connectivity index (χ0n) is 21.7. The van der Waals surface area contributed by atoms with Crippen LogP contribution in [0.5, 0.6) is 0 Å². The summed E-state index contributed by atoms with van der Waals surface area (Å²) in [5, 5.41) is 2.86. The van der Waals surface area contributed by atoms with Crippen molar-refractivity contribution in [2.24, 2.45) is 11.1 Å². The number of benzene rings is 2. The first-order valence-electron chi connectivity index (χ1n) is 12.3. The monoisotopic (exact) mass is 495 g/mol. The molecule has 0 aliphatic heterocycles. The molecule has 0 bridgehead atoms. The van der Waals surface area contributed by atoms with Crippen LogP contribution in [0, 0.1) is 5.41 Å². The lowest BCUT2D eigenvalue weighted by molar-refractivity contribution is 0.0873. The number of hydrogen-bond acceptors (Lipinski definition) is 4. The number of urea groups is 1. The minimum atomic E-state index is -1.37. The van der Waals surface area contributed by atoms with E-state index in [0.717, 1.165) is 16.8 Å². The number of aromatic nitrogens is 2. The van der Waals surface area contributed by atoms with Gasteiger partial charge in [-0.25, -0.2) is 14.2 Å². The summed E-state index contributed by atoms with van der Waals surface area (Å²) in [6.07, 6.45) is 0.641. The van der Waals surface area contributed by atoms with Gasteiger partial charge in [0, 0.05) is 38.5 Å². The first-order chi connectivity index (χ1) is 17.2. The Morgan fingerprint density at radius 1 is 1.14 bits per heavy atom. The van der Waals surface area contributed by atoms with E-state index in [4.69, 9.17) is 15.5 Å². The van der Waals surface area contributed by atoms with Gasteiger partial charge in [0.15, 0.2) is 0 Å². The number of carbonyl (C=O) groups excluding carboxylic acids is 1. The second-order valence-corrected chi connectivity index (χ2v) is 9.94. The molecule has 2 amide bonds. The molecule has 1 heterocycles. The number of halogens is 1. The molecule has 0 saturated heterocycles. The van der Waals surface area contributed by atoms with Gasteiger partial charge in [-0.1, -0.05) is 81.4 Å². The molecule has 36 heavy (non-hydrogen) atoms. The van der Waals surface area contributed by atoms with Gasteiger partial charge < -0.3 is 25.3 Å². The quantitative estimate of drug-likeness (QED) is 0.380. The Hall–Kier alpha value is -3.23. The first-order valence-corrected chi connectivity index (χ1v) is 12.3. The van der Waals surface area contributed by atoms with Crippen molar-refractivity contribution < 1.29 is 13.9 Å². The first kappa shape index (κ1) is 27.4. The van der Waals surface area contributed by atoms with Crippen molar-refractivity contribution in [3.63, 3.8) is 0 Å². The van der Waals surface area contributed by atoms with Gasteiger partial charge in [-0.3, -0.25) is 0 Å². The van der Waals surface area contributed by atoms with Crippen LogP contribution in [0.25, 0.3) is 11.3 Å². The van der Waals surface area contributed by atoms with Crippen LogP contribution in [-0.2, 0) is 11.3 Å². The van der Waals surface area contributed by atoms with E-state index in [9.17, 15) is 9.18 Å². The van der Waals surface area contributed by atoms with Gasteiger partial charge in [0.25, 0.3) is 0 Å². The molecule has 0 saturated carbocycles. The fourth-order valence-electron chi connectivity index (χ4n) is 4.25. The van der Waals surface area contributed by atoms with E-state index in [-0.39, 0.29) is 19.1 Å². The molecule has 0 aliphatic carbocycles. The molecule has 3 aromatic rings. The maximum absolute atomic E-state index is 14.7. The average molecular weight is 496 g/mol. The fourth-order valence-corrected chi connectivity index (χ4v) is 4.25. The van der Waals surface area contributed by atoms with Crippen molar-refractivity contribution >= 4 is 6.03 Å². The predicted octanol–water partition coefficient (Wildman–Crippen LogP) is 4.64. The Kier molecular flexibility index (Phi) is 9.61. The third-order valence-corrected chi connectivity index (χ3v) is 5.94. The Morgan fingerprint density at radius 3 is 2.36 bits per heavy atom. The number of nitrogens with one attached hydrogen (secondary N) is 1. The van der Waals surface area contributed by atoms with Crippen LogP contribution in [0.2, 0.25) is 0 Å². The molecule has 3 N–H and O–H groups in total. The lowest BCUT2D eigenvalue weighted by Crippen LogP contribution is -2.50. The van der Waals surface area contributed by atoms with E-state index in [1.807, 2.05) is 75.5 Å². The highest BCUT2D eigenvalue weighted by molar-refractivity contribution is 5.75. The van der Waals surface area contributed by atoms with E-state index >= 15 is 0 Å². The van der Waals surface area contributed by atoms with E-state index in [2.05, 4.69) is 22.0 Å². The molecule has 0 spiro atoms. The molecule has 8 heteroatoms. The van der Waals surface area contributed by atoms with E-state index in [0.29, 0.717) is 25.5 Å². The molecule has 1 aromatic heterocycles. The van der Waals surface area contributed by atoms with Crippen LogP contribution in [0.15, 0.2) is 66.9 Å². The predicted molar refractivity (Wildman–Crippen MR) is 141 cm³/mol. The van der Waals surface area contributed by atoms with Crippen LogP contribution in [0.3, 0.4) is 0 Å². The Bertz CT molecular complexity index is 1080. The molecule has 3 rings (SSSR count). The highest BCUT2D eigenvalue weighted by Gasteiger charge is 2.39.